The Kier molecular flexibility index (Phi) is 10.2. The minimum absolute atomic E-state index is 0. The van der Waals surface area contributed by atoms with Gasteiger partial charge in [-0.3, -0.25) is 9.36 Å². The van der Waals surface area contributed by atoms with Gasteiger partial charge < -0.3 is 42.2 Å². The predicted octanol–water partition coefficient (Wildman–Crippen LogP) is 2.11. The molecule has 0 fully saturated rings. The first-order valence-corrected chi connectivity index (χ1v) is 12.8. The molecule has 228 valence electrons. The van der Waals surface area contributed by atoms with Gasteiger partial charge in [-0.2, -0.15) is 13.2 Å². The molecule has 43 heavy (non-hydrogen) atoms. The maximum absolute atomic E-state index is 13.6. The van der Waals surface area contributed by atoms with Crippen molar-refractivity contribution in [2.24, 2.45) is 7.05 Å². The largest absolute Gasteiger partial charge is 1.00 e. The lowest BCUT2D eigenvalue weighted by atomic mass is 10.2. The van der Waals surface area contributed by atoms with Gasteiger partial charge in [0.15, 0.2) is 5.69 Å². The van der Waals surface area contributed by atoms with Crippen LogP contribution in [0.25, 0.3) is 10.9 Å². The van der Waals surface area contributed by atoms with E-state index in [0.29, 0.717) is 27.0 Å². The lowest BCUT2D eigenvalue weighted by Gasteiger charge is -2.28. The van der Waals surface area contributed by atoms with Crippen LogP contribution in [-0.2, 0) is 24.6 Å². The monoisotopic (exact) mass is 731 g/mol. The van der Waals surface area contributed by atoms with E-state index in [2.05, 4.69) is 46.5 Å². The molecule has 0 saturated carbocycles. The summed E-state index contributed by atoms with van der Waals surface area (Å²) in [5, 5.41) is 17.6. The standard InChI is InChI=1S/C25H22BrF4N9O3.BrH/c1-37-19(23(38(41)42)36-24(37)25(28,29)30)12-39(2,3)8-4-5-21(40)35-20-10-15-18(11-31-20)32-13-33-22(15)34-14-6-7-17(27)16(26)9-14;/h4-7,9-11,13H,8,12H2,1-3H3,(H-,31,32,33,34,35,40);1H/b5-4+;. The van der Waals surface area contributed by atoms with Gasteiger partial charge >= 0.3 is 17.8 Å². The Morgan fingerprint density at radius 1 is 1.21 bits per heavy atom. The number of aromatic nitrogens is 5. The van der Waals surface area contributed by atoms with Gasteiger partial charge in [0.1, 0.15) is 30.3 Å². The summed E-state index contributed by atoms with van der Waals surface area (Å²) < 4.78 is 54.3. The molecule has 0 atom stereocenters. The van der Waals surface area contributed by atoms with E-state index in [1.807, 2.05) is 0 Å². The first-order valence-electron chi connectivity index (χ1n) is 12.0. The molecule has 0 aliphatic heterocycles. The number of quaternary nitrogens is 1. The molecule has 4 rings (SSSR count). The lowest BCUT2D eigenvalue weighted by molar-refractivity contribution is -0.898. The van der Waals surface area contributed by atoms with Crippen LogP contribution in [0, 0.1) is 15.9 Å². The molecule has 0 aliphatic rings. The van der Waals surface area contributed by atoms with Crippen molar-refractivity contribution in [3.05, 3.63) is 80.9 Å². The first kappa shape index (κ1) is 33.5. The number of fused-ring (bicyclic) bond motifs is 1. The number of benzene rings is 1. The van der Waals surface area contributed by atoms with Crippen LogP contribution in [0.1, 0.15) is 11.5 Å². The Balaban J connectivity index is 0.00000506. The predicted molar refractivity (Wildman–Crippen MR) is 148 cm³/mol. The van der Waals surface area contributed by atoms with Gasteiger partial charge in [-0.25, -0.2) is 19.3 Å². The number of carbonyl (C=O) groups excluding carboxylic acids is 1. The lowest BCUT2D eigenvalue weighted by Crippen LogP contribution is -3.00. The molecule has 18 heteroatoms. The van der Waals surface area contributed by atoms with Gasteiger partial charge in [-0.15, -0.1) is 0 Å². The SMILES string of the molecule is Cn1c(C(F)(F)F)nc([N+](=O)[O-])c1C[N+](C)(C)C/C=C/C(=O)Nc1cc2c(Nc3ccc(F)c(Br)c3)ncnc2cn1.[Br-]. The van der Waals surface area contributed by atoms with Crippen molar-refractivity contribution in [2.45, 2.75) is 12.7 Å². The van der Waals surface area contributed by atoms with Gasteiger partial charge in [0.05, 0.1) is 36.8 Å². The van der Waals surface area contributed by atoms with Crippen LogP contribution in [0.15, 0.2) is 53.4 Å². The minimum atomic E-state index is -4.86. The highest BCUT2D eigenvalue weighted by Crippen LogP contribution is 2.33. The molecular weight excluding hydrogens is 710 g/mol. The number of pyridine rings is 1. The number of nitro groups is 1. The summed E-state index contributed by atoms with van der Waals surface area (Å²) in [7, 11) is 4.36. The van der Waals surface area contributed by atoms with Crippen molar-refractivity contribution in [1.82, 2.24) is 24.5 Å². The molecule has 4 aromatic rings. The molecule has 2 N–H and O–H groups in total. The average molecular weight is 733 g/mol. The van der Waals surface area contributed by atoms with E-state index >= 15 is 0 Å². The summed E-state index contributed by atoms with van der Waals surface area (Å²) in [5.41, 5.74) is 0.842. The third kappa shape index (κ3) is 8.08. The zero-order valence-electron chi connectivity index (χ0n) is 22.7. The van der Waals surface area contributed by atoms with Crippen molar-refractivity contribution in [3.63, 3.8) is 0 Å². The number of amides is 1. The van der Waals surface area contributed by atoms with Crippen LogP contribution in [0.2, 0.25) is 0 Å². The maximum Gasteiger partial charge on any atom is 0.475 e. The molecular formula is C25H23Br2F4N9O3. The van der Waals surface area contributed by atoms with E-state index in [1.165, 1.54) is 36.8 Å². The summed E-state index contributed by atoms with van der Waals surface area (Å²) in [6, 6.07) is 5.92. The second-order valence-corrected chi connectivity index (χ2v) is 10.6. The molecule has 0 saturated heterocycles. The molecule has 1 aromatic carbocycles. The summed E-state index contributed by atoms with van der Waals surface area (Å²) in [6.07, 6.45) is 0.631. The van der Waals surface area contributed by atoms with E-state index in [1.54, 1.807) is 26.2 Å². The van der Waals surface area contributed by atoms with Crippen LogP contribution in [-0.4, -0.2) is 60.5 Å². The van der Waals surface area contributed by atoms with E-state index in [-0.39, 0.29) is 50.5 Å². The Bertz CT molecular complexity index is 1710. The number of nitrogens with one attached hydrogen (secondary N) is 2. The summed E-state index contributed by atoms with van der Waals surface area (Å²) in [4.78, 5) is 38.7. The smallest absolute Gasteiger partial charge is 0.475 e. The van der Waals surface area contributed by atoms with E-state index in [0.717, 1.165) is 7.05 Å². The summed E-state index contributed by atoms with van der Waals surface area (Å²) >= 11 is 3.13. The number of likely N-dealkylation sites (N-methyl/N-ethyl adjacent to an activating group) is 1. The third-order valence-corrected chi connectivity index (χ3v) is 6.63. The quantitative estimate of drug-likeness (QED) is 0.0878. The fourth-order valence-corrected chi connectivity index (χ4v) is 4.39. The number of hydrogen-bond acceptors (Lipinski definition) is 8. The highest BCUT2D eigenvalue weighted by Gasteiger charge is 2.45. The number of nitrogens with zero attached hydrogens (tertiary/aromatic N) is 7. The molecule has 0 bridgehead atoms. The second-order valence-electron chi connectivity index (χ2n) is 9.75. The number of hydrogen-bond donors (Lipinski definition) is 2. The van der Waals surface area contributed by atoms with Crippen LogP contribution in [0.5, 0.6) is 0 Å². The van der Waals surface area contributed by atoms with Crippen molar-refractivity contribution in [1.29, 1.82) is 0 Å². The minimum Gasteiger partial charge on any atom is -1.00 e. The van der Waals surface area contributed by atoms with E-state index in [9.17, 15) is 32.5 Å². The first-order chi connectivity index (χ1) is 19.6. The summed E-state index contributed by atoms with van der Waals surface area (Å²) in [6.45, 7) is -0.00806. The zero-order chi connectivity index (χ0) is 30.8. The number of alkyl halides is 3. The Labute approximate surface area is 260 Å². The maximum atomic E-state index is 13.6. The zero-order valence-corrected chi connectivity index (χ0v) is 25.8. The molecule has 0 aliphatic carbocycles. The number of rotatable bonds is 9. The second kappa shape index (κ2) is 13.1. The molecule has 12 nitrogen and oxygen atoms in total. The van der Waals surface area contributed by atoms with Gasteiger partial charge in [0.2, 0.25) is 5.91 Å². The normalized spacial score (nSPS) is 11.9. The fraction of sp³-hybridized carbons (Fsp3) is 0.240. The topological polar surface area (TPSA) is 141 Å². The summed E-state index contributed by atoms with van der Waals surface area (Å²) in [5.74, 6) is -2.62. The Morgan fingerprint density at radius 3 is 2.58 bits per heavy atom. The van der Waals surface area contributed by atoms with Gasteiger partial charge in [-0.05, 0) is 56.2 Å². The van der Waals surface area contributed by atoms with Gasteiger partial charge in [0.25, 0.3) is 0 Å². The molecule has 3 aromatic heterocycles. The number of imidazole rings is 1. The molecule has 1 amide bonds. The van der Waals surface area contributed by atoms with Crippen LogP contribution in [0.4, 0.5) is 40.7 Å². The molecule has 0 unspecified atom stereocenters. The van der Waals surface area contributed by atoms with E-state index < -0.39 is 34.5 Å². The highest BCUT2D eigenvalue weighted by molar-refractivity contribution is 9.10. The van der Waals surface area contributed by atoms with Gasteiger partial charge in [-0.1, -0.05) is 0 Å². The van der Waals surface area contributed by atoms with Crippen LogP contribution < -0.4 is 27.6 Å². The third-order valence-electron chi connectivity index (χ3n) is 6.02. The average Bonchev–Trinajstić information content (AvgIpc) is 3.22. The van der Waals surface area contributed by atoms with Crippen molar-refractivity contribution < 1.29 is 48.7 Å². The highest BCUT2D eigenvalue weighted by atomic mass is 79.9. The van der Waals surface area contributed by atoms with Gasteiger partial charge in [0, 0.05) is 24.2 Å². The van der Waals surface area contributed by atoms with Crippen molar-refractivity contribution in [3.8, 4) is 0 Å². The fourth-order valence-electron chi connectivity index (χ4n) is 4.01. The Morgan fingerprint density at radius 2 is 1.93 bits per heavy atom. The van der Waals surface area contributed by atoms with Crippen LogP contribution >= 0.6 is 15.9 Å². The van der Waals surface area contributed by atoms with Crippen molar-refractivity contribution in [2.75, 3.05) is 31.3 Å². The number of halogens is 6. The number of anilines is 3. The molecule has 3 heterocycles. The Hall–Kier alpha value is -4.03. The number of carbonyl (C=O) groups is 1. The molecule has 0 radical (unpaired) electrons. The molecule has 0 spiro atoms. The van der Waals surface area contributed by atoms with Crippen LogP contribution in [0.3, 0.4) is 0 Å². The van der Waals surface area contributed by atoms with E-state index in [4.69, 9.17) is 0 Å². The van der Waals surface area contributed by atoms with Crippen molar-refractivity contribution >= 4 is 55.9 Å².